The van der Waals surface area contributed by atoms with Gasteiger partial charge in [0.25, 0.3) is 0 Å². The van der Waals surface area contributed by atoms with Crippen molar-refractivity contribution in [2.24, 2.45) is 28.6 Å². The largest absolute Gasteiger partial charge is 0.459 e. The lowest BCUT2D eigenvalue weighted by atomic mass is 9.45. The van der Waals surface area contributed by atoms with Crippen molar-refractivity contribution in [2.75, 3.05) is 6.61 Å². The van der Waals surface area contributed by atoms with E-state index < -0.39 is 69.7 Å². The average Bonchev–Trinajstić information content (AvgIpc) is 3.14. The van der Waals surface area contributed by atoms with Crippen molar-refractivity contribution in [3.8, 4) is 0 Å². The number of aliphatic hydroxyl groups excluding tert-OH is 1. The second-order valence-corrected chi connectivity index (χ2v) is 13.1. The fraction of sp³-hybridized carbons (Fsp3) is 0.710. The second-order valence-electron chi connectivity index (χ2n) is 12.5. The smallest absolute Gasteiger partial charge is 0.334 e. The molecule has 0 saturated heterocycles. The number of allylic oxidation sites excluding steroid dienone is 4. The molecule has 0 spiro atoms. The number of ketones is 2. The predicted octanol–water partition coefficient (Wildman–Crippen LogP) is 4.02. The van der Waals surface area contributed by atoms with Gasteiger partial charge in [-0.2, -0.15) is 0 Å². The van der Waals surface area contributed by atoms with Gasteiger partial charge in [0, 0.05) is 29.6 Å². The van der Waals surface area contributed by atoms with Crippen molar-refractivity contribution in [1.29, 1.82) is 0 Å². The second kappa shape index (κ2) is 11.0. The Labute approximate surface area is 246 Å². The van der Waals surface area contributed by atoms with E-state index in [-0.39, 0.29) is 36.9 Å². The van der Waals surface area contributed by atoms with Gasteiger partial charge in [0.15, 0.2) is 18.0 Å². The fourth-order valence-electron chi connectivity index (χ4n) is 8.34. The average molecular weight is 593 g/mol. The third-order valence-electron chi connectivity index (χ3n) is 10.4. The highest BCUT2D eigenvalue weighted by Crippen LogP contribution is 2.72. The number of hydrogen-bond acceptors (Lipinski definition) is 9. The molecule has 4 aliphatic rings. The number of aliphatic hydroxyl groups is 1. The van der Waals surface area contributed by atoms with Gasteiger partial charge in [-0.05, 0) is 56.6 Å². The third kappa shape index (κ3) is 4.58. The summed E-state index contributed by atoms with van der Waals surface area (Å²) < 4.78 is 17.4. The Morgan fingerprint density at radius 2 is 1.78 bits per heavy atom. The maximum Gasteiger partial charge on any atom is 0.334 e. The molecule has 9 atom stereocenters. The van der Waals surface area contributed by atoms with E-state index in [2.05, 4.69) is 0 Å². The van der Waals surface area contributed by atoms with Crippen LogP contribution < -0.4 is 0 Å². The molecule has 226 valence electrons. The third-order valence-corrected chi connectivity index (χ3v) is 11.3. The van der Waals surface area contributed by atoms with Crippen LogP contribution in [0, 0.1) is 28.6 Å². The van der Waals surface area contributed by atoms with Crippen LogP contribution in [0.1, 0.15) is 80.1 Å². The first-order valence-corrected chi connectivity index (χ1v) is 14.9. The van der Waals surface area contributed by atoms with E-state index in [1.165, 1.54) is 13.0 Å². The lowest BCUT2D eigenvalue weighted by molar-refractivity contribution is -0.209. The molecular formula is C31H41ClO9. The molecule has 4 aliphatic carbocycles. The summed E-state index contributed by atoms with van der Waals surface area (Å²) in [5.41, 5.74) is -2.73. The van der Waals surface area contributed by atoms with E-state index in [1.54, 1.807) is 26.0 Å². The monoisotopic (exact) mass is 592 g/mol. The zero-order valence-electron chi connectivity index (χ0n) is 24.7. The molecule has 10 heteroatoms. The molecule has 0 radical (unpaired) electrons. The number of fused-ring (bicyclic) bond motifs is 5. The lowest BCUT2D eigenvalue weighted by Crippen LogP contribution is -2.70. The van der Waals surface area contributed by atoms with E-state index in [9.17, 15) is 29.1 Å². The number of Topliss-reactive ketones (excluding diaryl/α,β-unsaturated/α-hetero) is 1. The van der Waals surface area contributed by atoms with Crippen LogP contribution in [0.2, 0.25) is 0 Å². The van der Waals surface area contributed by atoms with Gasteiger partial charge in [-0.15, -0.1) is 11.6 Å². The van der Waals surface area contributed by atoms with E-state index in [4.69, 9.17) is 25.8 Å². The van der Waals surface area contributed by atoms with Gasteiger partial charge in [0.05, 0.1) is 4.87 Å². The van der Waals surface area contributed by atoms with Crippen LogP contribution >= 0.6 is 11.6 Å². The molecule has 41 heavy (non-hydrogen) atoms. The number of rotatable bonds is 8. The molecular weight excluding hydrogens is 552 g/mol. The summed E-state index contributed by atoms with van der Waals surface area (Å²) >= 11 is 7.73. The van der Waals surface area contributed by atoms with Gasteiger partial charge in [0.2, 0.25) is 5.78 Å². The first kappa shape index (κ1) is 31.4. The van der Waals surface area contributed by atoms with Gasteiger partial charge in [0.1, 0.15) is 12.2 Å². The van der Waals surface area contributed by atoms with Crippen molar-refractivity contribution in [3.63, 3.8) is 0 Å². The maximum atomic E-state index is 14.1. The Kier molecular flexibility index (Phi) is 8.39. The van der Waals surface area contributed by atoms with E-state index in [1.807, 2.05) is 20.8 Å². The van der Waals surface area contributed by atoms with Crippen LogP contribution in [0.5, 0.6) is 0 Å². The fourth-order valence-corrected chi connectivity index (χ4v) is 8.90. The zero-order chi connectivity index (χ0) is 30.5. The Bertz CT molecular complexity index is 1210. The van der Waals surface area contributed by atoms with Gasteiger partial charge in [-0.25, -0.2) is 4.79 Å². The lowest BCUT2D eigenvalue weighted by Gasteiger charge is -2.64. The first-order valence-electron chi connectivity index (χ1n) is 14.5. The predicted molar refractivity (Wildman–Crippen MR) is 149 cm³/mol. The van der Waals surface area contributed by atoms with Crippen LogP contribution in [0.4, 0.5) is 0 Å². The van der Waals surface area contributed by atoms with E-state index >= 15 is 0 Å². The molecule has 3 fully saturated rings. The van der Waals surface area contributed by atoms with Crippen LogP contribution in [-0.4, -0.2) is 63.9 Å². The topological polar surface area (TPSA) is 133 Å². The standard InChI is InChI=1S/C31H41ClO9/c1-7-25(36)39-16-23(35)31(41-26(37)8-2)17(3)13-22-21-10-9-19-14-20(34)11-12-28(19,5)30(21,32)24(15-29(22,31)6)40-27(38)18(4)33/h11-12,14,17-18,21-22,24,33H,7-10,13,15-16H2,1-6H3/t17-,18?,21-,22-,24-,28-,29-,30?,31-/m0/s1. The highest BCUT2D eigenvalue weighted by molar-refractivity contribution is 6.26. The van der Waals surface area contributed by atoms with Crippen molar-refractivity contribution < 1.29 is 43.3 Å². The molecule has 2 unspecified atom stereocenters. The number of carbonyl (C=O) groups is 5. The summed E-state index contributed by atoms with van der Waals surface area (Å²) in [4.78, 5) is 63.1. The van der Waals surface area contributed by atoms with Crippen molar-refractivity contribution in [1.82, 2.24) is 0 Å². The van der Waals surface area contributed by atoms with Crippen LogP contribution in [0.25, 0.3) is 0 Å². The number of esters is 3. The summed E-state index contributed by atoms with van der Waals surface area (Å²) in [5, 5.41) is 10.1. The summed E-state index contributed by atoms with van der Waals surface area (Å²) in [6.45, 7) is 9.67. The summed E-state index contributed by atoms with van der Waals surface area (Å²) in [6, 6.07) is 0. The molecule has 9 nitrogen and oxygen atoms in total. The van der Waals surface area contributed by atoms with Gasteiger partial charge in [-0.3, -0.25) is 19.2 Å². The van der Waals surface area contributed by atoms with E-state index in [0.717, 1.165) is 5.57 Å². The normalized spacial score (nSPS) is 39.9. The van der Waals surface area contributed by atoms with Crippen LogP contribution in [-0.2, 0) is 38.2 Å². The molecule has 0 bridgehead atoms. The SMILES string of the molecule is CCC(=O)OCC(=O)[C@@]1(OC(=O)CC)[C@@H](C)C[C@H]2[C@@H]3CCC4=CC(=O)C=C[C@]4(C)C3(Cl)[C@@H](OC(=O)C(C)O)C[C@@]21C. The Hall–Kier alpha value is -2.52. The number of alkyl halides is 1. The van der Waals surface area contributed by atoms with Crippen LogP contribution in [0.3, 0.4) is 0 Å². The quantitative estimate of drug-likeness (QED) is 0.252. The summed E-state index contributed by atoms with van der Waals surface area (Å²) in [7, 11) is 0. The minimum atomic E-state index is -1.66. The molecule has 0 amide bonds. The van der Waals surface area contributed by atoms with Gasteiger partial charge >= 0.3 is 17.9 Å². The molecule has 1 N–H and O–H groups in total. The van der Waals surface area contributed by atoms with Gasteiger partial charge in [-0.1, -0.05) is 46.3 Å². The molecule has 4 rings (SSSR count). The Morgan fingerprint density at radius 1 is 1.12 bits per heavy atom. The Morgan fingerprint density at radius 3 is 2.39 bits per heavy atom. The number of halogens is 1. The van der Waals surface area contributed by atoms with Crippen LogP contribution in [0.15, 0.2) is 23.8 Å². The van der Waals surface area contributed by atoms with E-state index in [0.29, 0.717) is 19.3 Å². The molecule has 0 heterocycles. The van der Waals surface area contributed by atoms with Crippen molar-refractivity contribution in [3.05, 3.63) is 23.8 Å². The molecule has 3 saturated carbocycles. The summed E-state index contributed by atoms with van der Waals surface area (Å²) in [5.74, 6) is -3.65. The maximum absolute atomic E-state index is 14.1. The minimum absolute atomic E-state index is 0.0333. The Balaban J connectivity index is 1.89. The zero-order valence-corrected chi connectivity index (χ0v) is 25.4. The molecule has 0 aromatic heterocycles. The minimum Gasteiger partial charge on any atom is -0.459 e. The van der Waals surface area contributed by atoms with Crippen molar-refractivity contribution >= 4 is 41.1 Å². The first-order chi connectivity index (χ1) is 19.1. The molecule has 0 aromatic carbocycles. The number of carbonyl (C=O) groups excluding carboxylic acids is 5. The van der Waals surface area contributed by atoms with Crippen molar-refractivity contribution in [2.45, 2.75) is 103 Å². The number of ether oxygens (including phenoxy) is 3. The highest BCUT2D eigenvalue weighted by Gasteiger charge is 2.77. The highest BCUT2D eigenvalue weighted by atomic mass is 35.5. The van der Waals surface area contributed by atoms with Gasteiger partial charge < -0.3 is 19.3 Å². The molecule has 0 aromatic rings. The summed E-state index contributed by atoms with van der Waals surface area (Å²) in [6.07, 6.45) is 4.22. The number of hydrogen-bond donors (Lipinski definition) is 1. The molecule has 0 aliphatic heterocycles.